The number of carbonyl (C=O) groups excluding carboxylic acids is 1. The lowest BCUT2D eigenvalue weighted by Gasteiger charge is -2.13. The molecule has 1 amide bonds. The molecule has 1 heterocycles. The van der Waals surface area contributed by atoms with Crippen LogP contribution in [0.2, 0.25) is 0 Å². The largest absolute Gasteiger partial charge is 0.343 e. The third-order valence-electron chi connectivity index (χ3n) is 2.35. The van der Waals surface area contributed by atoms with Crippen LogP contribution in [0, 0.1) is 0 Å². The molecule has 0 saturated heterocycles. The summed E-state index contributed by atoms with van der Waals surface area (Å²) in [6, 6.07) is 7.70. The summed E-state index contributed by atoms with van der Waals surface area (Å²) >= 11 is 3.37. The van der Waals surface area contributed by atoms with E-state index < -0.39 is 0 Å². The van der Waals surface area contributed by atoms with Crippen molar-refractivity contribution >= 4 is 21.8 Å². The molecule has 0 radical (unpaired) electrons. The third-order valence-corrected chi connectivity index (χ3v) is 2.88. The van der Waals surface area contributed by atoms with Gasteiger partial charge in [-0.25, -0.2) is 4.98 Å². The van der Waals surface area contributed by atoms with Gasteiger partial charge in [-0.05, 0) is 24.6 Å². The number of aromatic nitrogens is 3. The molecule has 0 aliphatic heterocycles. The van der Waals surface area contributed by atoms with Crippen LogP contribution < -0.4 is 5.32 Å². The van der Waals surface area contributed by atoms with Gasteiger partial charge in [0.15, 0.2) is 0 Å². The van der Waals surface area contributed by atoms with Gasteiger partial charge in [-0.15, -0.1) is 0 Å². The van der Waals surface area contributed by atoms with Gasteiger partial charge in [0, 0.05) is 4.47 Å². The highest BCUT2D eigenvalue weighted by Gasteiger charge is 2.13. The van der Waals surface area contributed by atoms with E-state index in [1.165, 1.54) is 6.33 Å². The predicted molar refractivity (Wildman–Crippen MR) is 66.4 cm³/mol. The van der Waals surface area contributed by atoms with Gasteiger partial charge >= 0.3 is 0 Å². The maximum Gasteiger partial charge on any atom is 0.289 e. The van der Waals surface area contributed by atoms with Crippen LogP contribution in [0.4, 0.5) is 0 Å². The highest BCUT2D eigenvalue weighted by molar-refractivity contribution is 9.10. The monoisotopic (exact) mass is 294 g/mol. The van der Waals surface area contributed by atoms with E-state index in [1.54, 1.807) is 0 Å². The first-order chi connectivity index (χ1) is 8.16. The third kappa shape index (κ3) is 2.91. The van der Waals surface area contributed by atoms with Crippen molar-refractivity contribution in [2.24, 2.45) is 0 Å². The van der Waals surface area contributed by atoms with Gasteiger partial charge in [-0.2, -0.15) is 5.10 Å². The number of nitrogens with zero attached hydrogens (tertiary/aromatic N) is 2. The summed E-state index contributed by atoms with van der Waals surface area (Å²) in [5.41, 5.74) is 1.03. The normalized spacial score (nSPS) is 12.1. The number of aromatic amines is 1. The Morgan fingerprint density at radius 3 is 2.71 bits per heavy atom. The van der Waals surface area contributed by atoms with Crippen molar-refractivity contribution in [2.75, 3.05) is 0 Å². The molecule has 88 valence electrons. The number of hydrogen-bond donors (Lipinski definition) is 2. The summed E-state index contributed by atoms with van der Waals surface area (Å²) in [6.45, 7) is 1.91. The first kappa shape index (κ1) is 11.8. The van der Waals surface area contributed by atoms with Crippen LogP contribution in [0.3, 0.4) is 0 Å². The highest BCUT2D eigenvalue weighted by Crippen LogP contribution is 2.16. The summed E-state index contributed by atoms with van der Waals surface area (Å²) in [5.74, 6) is -0.0492. The summed E-state index contributed by atoms with van der Waals surface area (Å²) < 4.78 is 1.01. The van der Waals surface area contributed by atoms with Crippen molar-refractivity contribution in [3.05, 3.63) is 46.5 Å². The zero-order valence-corrected chi connectivity index (χ0v) is 10.7. The molecule has 2 rings (SSSR count). The predicted octanol–water partition coefficient (Wildman–Crippen LogP) is 2.06. The quantitative estimate of drug-likeness (QED) is 0.910. The molecule has 0 bridgehead atoms. The number of halogens is 1. The Bertz CT molecular complexity index is 495. The average Bonchev–Trinajstić information content (AvgIpc) is 2.83. The first-order valence-corrected chi connectivity index (χ1v) is 5.88. The van der Waals surface area contributed by atoms with Gasteiger partial charge in [0.25, 0.3) is 5.91 Å². The summed E-state index contributed by atoms with van der Waals surface area (Å²) in [5, 5.41) is 8.98. The van der Waals surface area contributed by atoms with E-state index in [2.05, 4.69) is 36.4 Å². The molecule has 5 nitrogen and oxygen atoms in total. The second-order valence-electron chi connectivity index (χ2n) is 3.58. The van der Waals surface area contributed by atoms with E-state index in [4.69, 9.17) is 0 Å². The molecule has 0 saturated carbocycles. The molecule has 1 unspecified atom stereocenters. The topological polar surface area (TPSA) is 70.7 Å². The molecule has 17 heavy (non-hydrogen) atoms. The lowest BCUT2D eigenvalue weighted by molar-refractivity contribution is 0.0930. The SMILES string of the molecule is CC(NC(=O)c1ncn[nH]1)c1ccc(Br)cc1. The van der Waals surface area contributed by atoms with Gasteiger partial charge < -0.3 is 5.32 Å². The van der Waals surface area contributed by atoms with Crippen molar-refractivity contribution in [1.82, 2.24) is 20.5 Å². The molecule has 0 fully saturated rings. The molecule has 6 heteroatoms. The second-order valence-corrected chi connectivity index (χ2v) is 4.50. The lowest BCUT2D eigenvalue weighted by Crippen LogP contribution is -2.27. The number of benzene rings is 1. The van der Waals surface area contributed by atoms with Crippen molar-refractivity contribution < 1.29 is 4.79 Å². The maximum absolute atomic E-state index is 11.7. The Kier molecular flexibility index (Phi) is 3.53. The molecular formula is C11H11BrN4O. The molecule has 2 N–H and O–H groups in total. The number of amides is 1. The van der Waals surface area contributed by atoms with Crippen molar-refractivity contribution in [3.8, 4) is 0 Å². The minimum Gasteiger partial charge on any atom is -0.343 e. The summed E-state index contributed by atoms with van der Waals surface area (Å²) in [7, 11) is 0. The number of hydrogen-bond acceptors (Lipinski definition) is 3. The van der Waals surface area contributed by atoms with Gasteiger partial charge in [0.05, 0.1) is 6.04 Å². The Labute approximate surface area is 107 Å². The Balaban J connectivity index is 2.04. The molecule has 0 aliphatic rings. The fourth-order valence-electron chi connectivity index (χ4n) is 1.41. The first-order valence-electron chi connectivity index (χ1n) is 5.08. The lowest BCUT2D eigenvalue weighted by atomic mass is 10.1. The minimum atomic E-state index is -0.266. The summed E-state index contributed by atoms with van der Waals surface area (Å²) in [4.78, 5) is 15.5. The van der Waals surface area contributed by atoms with E-state index in [0.29, 0.717) is 0 Å². The molecule has 1 aromatic heterocycles. The number of H-pyrrole nitrogens is 1. The van der Waals surface area contributed by atoms with E-state index in [-0.39, 0.29) is 17.8 Å². The zero-order valence-electron chi connectivity index (χ0n) is 9.14. The Morgan fingerprint density at radius 1 is 1.41 bits per heavy atom. The van der Waals surface area contributed by atoms with E-state index >= 15 is 0 Å². The molecule has 1 atom stereocenters. The Morgan fingerprint density at radius 2 is 2.12 bits per heavy atom. The smallest absolute Gasteiger partial charge is 0.289 e. The van der Waals surface area contributed by atoms with Crippen molar-refractivity contribution in [2.45, 2.75) is 13.0 Å². The maximum atomic E-state index is 11.7. The molecule has 0 aliphatic carbocycles. The minimum absolute atomic E-state index is 0.0827. The number of nitrogens with one attached hydrogen (secondary N) is 2. The van der Waals surface area contributed by atoms with Gasteiger partial charge in [-0.3, -0.25) is 9.89 Å². The Hall–Kier alpha value is -1.69. The second kappa shape index (κ2) is 5.09. The van der Waals surface area contributed by atoms with Crippen LogP contribution in [0.25, 0.3) is 0 Å². The molecule has 1 aromatic carbocycles. The fraction of sp³-hybridized carbons (Fsp3) is 0.182. The van der Waals surface area contributed by atoms with Crippen LogP contribution in [-0.4, -0.2) is 21.1 Å². The van der Waals surface area contributed by atoms with Crippen molar-refractivity contribution in [3.63, 3.8) is 0 Å². The number of rotatable bonds is 3. The van der Waals surface area contributed by atoms with Crippen LogP contribution in [0.1, 0.15) is 29.1 Å². The average molecular weight is 295 g/mol. The van der Waals surface area contributed by atoms with Crippen LogP contribution in [0.5, 0.6) is 0 Å². The van der Waals surface area contributed by atoms with Gasteiger partial charge in [0.1, 0.15) is 6.33 Å². The zero-order chi connectivity index (χ0) is 12.3. The molecule has 0 spiro atoms. The van der Waals surface area contributed by atoms with Gasteiger partial charge in [0.2, 0.25) is 5.82 Å². The van der Waals surface area contributed by atoms with Crippen LogP contribution in [0.15, 0.2) is 35.1 Å². The molecular weight excluding hydrogens is 284 g/mol. The van der Waals surface area contributed by atoms with Crippen molar-refractivity contribution in [1.29, 1.82) is 0 Å². The summed E-state index contributed by atoms with van der Waals surface area (Å²) in [6.07, 6.45) is 1.30. The van der Waals surface area contributed by atoms with E-state index in [0.717, 1.165) is 10.0 Å². The highest BCUT2D eigenvalue weighted by atomic mass is 79.9. The van der Waals surface area contributed by atoms with E-state index in [1.807, 2.05) is 31.2 Å². The standard InChI is InChI=1S/C11H11BrN4O/c1-7(8-2-4-9(12)5-3-8)15-11(17)10-13-6-14-16-10/h2-7H,1H3,(H,15,17)(H,13,14,16). The van der Waals surface area contributed by atoms with Crippen LogP contribution >= 0.6 is 15.9 Å². The van der Waals surface area contributed by atoms with Crippen LogP contribution in [-0.2, 0) is 0 Å². The number of carbonyl (C=O) groups is 1. The molecule has 2 aromatic rings. The fourth-order valence-corrected chi connectivity index (χ4v) is 1.68. The van der Waals surface area contributed by atoms with E-state index in [9.17, 15) is 4.79 Å². The van der Waals surface area contributed by atoms with Gasteiger partial charge in [-0.1, -0.05) is 28.1 Å².